The third kappa shape index (κ3) is 2.70. The number of aliphatic imine (C=N–C) groups is 2. The standard InChI is InChI=1S/C7H9N3.C2H6/c1-3-6-7(8-4-2)10-5-9-6;1-2/h3-5H,2H2,1H3,(H,8,9,10);1-2H3/b6-3+;. The summed E-state index contributed by atoms with van der Waals surface area (Å²) in [5, 5.41) is 2.93. The van der Waals surface area contributed by atoms with E-state index in [1.54, 1.807) is 6.34 Å². The molecule has 0 aromatic carbocycles. The molecule has 1 rings (SSSR count). The Bertz CT molecular complexity index is 224. The van der Waals surface area contributed by atoms with Crippen LogP contribution < -0.4 is 5.32 Å². The summed E-state index contributed by atoms with van der Waals surface area (Å²) in [6, 6.07) is 0. The van der Waals surface area contributed by atoms with Gasteiger partial charge in [-0.1, -0.05) is 26.5 Å². The van der Waals surface area contributed by atoms with Crippen molar-refractivity contribution in [1.29, 1.82) is 0 Å². The summed E-state index contributed by atoms with van der Waals surface area (Å²) in [4.78, 5) is 7.88. The van der Waals surface area contributed by atoms with Crippen LogP contribution in [0.5, 0.6) is 0 Å². The SMILES string of the molecule is C=CN=C1N=CN/C1=C/C.CC. The molecule has 1 aliphatic rings. The van der Waals surface area contributed by atoms with Crippen LogP contribution in [0.4, 0.5) is 0 Å². The second-order valence-electron chi connectivity index (χ2n) is 1.74. The maximum Gasteiger partial charge on any atom is 0.176 e. The molecule has 0 radical (unpaired) electrons. The zero-order valence-electron chi connectivity index (χ0n) is 7.83. The molecule has 1 N–H and O–H groups in total. The summed E-state index contributed by atoms with van der Waals surface area (Å²) in [6.45, 7) is 9.40. The lowest BCUT2D eigenvalue weighted by atomic mass is 10.4. The quantitative estimate of drug-likeness (QED) is 0.634. The van der Waals surface area contributed by atoms with Gasteiger partial charge in [0.2, 0.25) is 0 Å². The molecule has 0 saturated carbocycles. The van der Waals surface area contributed by atoms with Gasteiger partial charge in [0.1, 0.15) is 0 Å². The fourth-order valence-corrected chi connectivity index (χ4v) is 0.699. The van der Waals surface area contributed by atoms with Crippen LogP contribution in [0.15, 0.2) is 34.5 Å². The van der Waals surface area contributed by atoms with Crippen LogP contribution in [-0.2, 0) is 0 Å². The van der Waals surface area contributed by atoms with Crippen LogP contribution in [-0.4, -0.2) is 12.2 Å². The van der Waals surface area contributed by atoms with Crippen LogP contribution >= 0.6 is 0 Å². The number of nitrogens with zero attached hydrogens (tertiary/aromatic N) is 2. The van der Waals surface area contributed by atoms with E-state index in [9.17, 15) is 0 Å². The number of hydrogen-bond donors (Lipinski definition) is 1. The molecule has 0 aromatic heterocycles. The third-order valence-corrected chi connectivity index (χ3v) is 1.15. The monoisotopic (exact) mass is 165 g/mol. The minimum atomic E-state index is 0.692. The zero-order chi connectivity index (χ0) is 9.40. The van der Waals surface area contributed by atoms with Gasteiger partial charge in [0.15, 0.2) is 5.84 Å². The minimum absolute atomic E-state index is 0.692. The maximum absolute atomic E-state index is 3.95. The molecule has 0 fully saturated rings. The summed E-state index contributed by atoms with van der Waals surface area (Å²) in [5.41, 5.74) is 0.930. The highest BCUT2D eigenvalue weighted by atomic mass is 15.1. The molecule has 3 heteroatoms. The van der Waals surface area contributed by atoms with E-state index in [1.807, 2.05) is 26.8 Å². The van der Waals surface area contributed by atoms with Gasteiger partial charge in [-0.25, -0.2) is 9.98 Å². The molecule has 1 aliphatic heterocycles. The smallest absolute Gasteiger partial charge is 0.176 e. The van der Waals surface area contributed by atoms with E-state index in [0.29, 0.717) is 5.84 Å². The summed E-state index contributed by atoms with van der Waals surface area (Å²) < 4.78 is 0. The van der Waals surface area contributed by atoms with Crippen molar-refractivity contribution < 1.29 is 0 Å². The Morgan fingerprint density at radius 2 is 2.25 bits per heavy atom. The van der Waals surface area contributed by atoms with Gasteiger partial charge in [0, 0.05) is 6.20 Å². The van der Waals surface area contributed by atoms with E-state index >= 15 is 0 Å². The molecule has 0 atom stereocenters. The Morgan fingerprint density at radius 1 is 1.58 bits per heavy atom. The molecular weight excluding hydrogens is 150 g/mol. The van der Waals surface area contributed by atoms with Crippen molar-refractivity contribution in [1.82, 2.24) is 5.32 Å². The molecule has 66 valence electrons. The lowest BCUT2D eigenvalue weighted by molar-refractivity contribution is 1.27. The summed E-state index contributed by atoms with van der Waals surface area (Å²) >= 11 is 0. The van der Waals surface area contributed by atoms with Gasteiger partial charge in [0.05, 0.1) is 12.0 Å². The fraction of sp³-hybridized carbons (Fsp3) is 0.333. The average molecular weight is 165 g/mol. The Balaban J connectivity index is 0.000000561. The van der Waals surface area contributed by atoms with E-state index in [1.165, 1.54) is 6.20 Å². The van der Waals surface area contributed by atoms with Crippen molar-refractivity contribution in [2.24, 2.45) is 9.98 Å². The zero-order valence-corrected chi connectivity index (χ0v) is 7.83. The first-order chi connectivity index (χ1) is 5.88. The molecule has 3 nitrogen and oxygen atoms in total. The molecule has 0 bridgehead atoms. The van der Waals surface area contributed by atoms with E-state index in [4.69, 9.17) is 0 Å². The molecule has 12 heavy (non-hydrogen) atoms. The number of nitrogens with one attached hydrogen (secondary N) is 1. The van der Waals surface area contributed by atoms with Gasteiger partial charge >= 0.3 is 0 Å². The molecular formula is C9H15N3. The highest BCUT2D eigenvalue weighted by molar-refractivity contribution is 6.08. The first-order valence-electron chi connectivity index (χ1n) is 4.03. The van der Waals surface area contributed by atoms with Crippen LogP contribution in [0.2, 0.25) is 0 Å². The lowest BCUT2D eigenvalue weighted by Crippen LogP contribution is -2.07. The lowest BCUT2D eigenvalue weighted by Gasteiger charge is -1.93. The molecule has 0 aliphatic carbocycles. The van der Waals surface area contributed by atoms with Crippen molar-refractivity contribution in [2.75, 3.05) is 0 Å². The highest BCUT2D eigenvalue weighted by Gasteiger charge is 2.06. The maximum atomic E-state index is 3.95. The second-order valence-corrected chi connectivity index (χ2v) is 1.74. The summed E-state index contributed by atoms with van der Waals surface area (Å²) in [6.07, 6.45) is 5.00. The second kappa shape index (κ2) is 6.34. The van der Waals surface area contributed by atoms with Gasteiger partial charge in [-0.05, 0) is 6.92 Å². The molecule has 0 unspecified atom stereocenters. The van der Waals surface area contributed by atoms with E-state index in [-0.39, 0.29) is 0 Å². The van der Waals surface area contributed by atoms with E-state index < -0.39 is 0 Å². The van der Waals surface area contributed by atoms with E-state index in [2.05, 4.69) is 21.9 Å². The Hall–Kier alpha value is -1.38. The number of rotatable bonds is 1. The van der Waals surface area contributed by atoms with Crippen molar-refractivity contribution in [2.45, 2.75) is 20.8 Å². The van der Waals surface area contributed by atoms with Crippen LogP contribution in [0.1, 0.15) is 20.8 Å². The average Bonchev–Trinajstić information content (AvgIpc) is 2.56. The molecule has 0 spiro atoms. The number of amidine groups is 1. The van der Waals surface area contributed by atoms with Crippen molar-refractivity contribution in [3.05, 3.63) is 24.6 Å². The van der Waals surface area contributed by atoms with Crippen LogP contribution in [0.25, 0.3) is 0 Å². The predicted molar refractivity (Wildman–Crippen MR) is 54.4 cm³/mol. The largest absolute Gasteiger partial charge is 0.343 e. The predicted octanol–water partition coefficient (Wildman–Crippen LogP) is 2.09. The Morgan fingerprint density at radius 3 is 2.75 bits per heavy atom. The van der Waals surface area contributed by atoms with Gasteiger partial charge in [0.25, 0.3) is 0 Å². The Labute approximate surface area is 73.6 Å². The van der Waals surface area contributed by atoms with Gasteiger partial charge in [-0.15, -0.1) is 0 Å². The molecule has 1 heterocycles. The Kier molecular flexibility index (Phi) is 5.61. The fourth-order valence-electron chi connectivity index (χ4n) is 0.699. The van der Waals surface area contributed by atoms with Crippen LogP contribution in [0, 0.1) is 0 Å². The molecule has 0 amide bonds. The van der Waals surface area contributed by atoms with Crippen molar-refractivity contribution in [3.8, 4) is 0 Å². The number of allylic oxidation sites excluding steroid dienone is 1. The van der Waals surface area contributed by atoms with Crippen molar-refractivity contribution >= 4 is 12.2 Å². The topological polar surface area (TPSA) is 36.8 Å². The van der Waals surface area contributed by atoms with Crippen LogP contribution in [0.3, 0.4) is 0 Å². The van der Waals surface area contributed by atoms with E-state index in [0.717, 1.165) is 5.70 Å². The first kappa shape index (κ1) is 10.6. The normalized spacial score (nSPS) is 20.2. The summed E-state index contributed by atoms with van der Waals surface area (Å²) in [5.74, 6) is 0.692. The first-order valence-corrected chi connectivity index (χ1v) is 4.03. The van der Waals surface area contributed by atoms with Gasteiger partial charge in [-0.2, -0.15) is 0 Å². The third-order valence-electron chi connectivity index (χ3n) is 1.15. The molecule has 0 aromatic rings. The van der Waals surface area contributed by atoms with Gasteiger partial charge in [-0.3, -0.25) is 0 Å². The number of hydrogen-bond acceptors (Lipinski definition) is 2. The summed E-state index contributed by atoms with van der Waals surface area (Å²) in [7, 11) is 0. The molecule has 0 saturated heterocycles. The van der Waals surface area contributed by atoms with Crippen molar-refractivity contribution in [3.63, 3.8) is 0 Å². The minimum Gasteiger partial charge on any atom is -0.343 e. The highest BCUT2D eigenvalue weighted by Crippen LogP contribution is 2.00. The van der Waals surface area contributed by atoms with Gasteiger partial charge < -0.3 is 5.32 Å².